The quantitative estimate of drug-likeness (QED) is 0.176. The van der Waals surface area contributed by atoms with Gasteiger partial charge in [-0.1, -0.05) is 81.4 Å². The number of carbonyl (C=O) groups is 3. The molecule has 0 spiro atoms. The van der Waals surface area contributed by atoms with E-state index in [1.54, 1.807) is 11.8 Å². The lowest BCUT2D eigenvalue weighted by molar-refractivity contribution is -0.123. The standard InChI is InChI=1S/C38H30BrN3O5S2/c1-18-9-12-21(13-10-18)42-36(44)31-24-16-25(32(31)37(42)45)33-30(24)29(34-35(48-33)41-38(46)49-34)23-15-20(39)11-14-27(23)47-17-28(43)40-26-8-4-6-19-5-2-3-7-22(19)26/h2-15,24-25,29-33H,16-17H2,1H3,(H,40,43)(H,41,46)/t24-,25-,29+,30-,31+,32+,33-/m1/s1. The number of hydrogen-bond donors (Lipinski definition) is 2. The Balaban J connectivity index is 1.05. The van der Waals surface area contributed by atoms with Crippen LogP contribution in [0.5, 0.6) is 5.75 Å². The van der Waals surface area contributed by atoms with Gasteiger partial charge in [-0.05, 0) is 72.9 Å². The summed E-state index contributed by atoms with van der Waals surface area (Å²) in [5.74, 6) is -1.09. The summed E-state index contributed by atoms with van der Waals surface area (Å²) in [5, 5.41) is 5.82. The van der Waals surface area contributed by atoms with Crippen molar-refractivity contribution in [3.05, 3.63) is 115 Å². The third-order valence-electron chi connectivity index (χ3n) is 10.7. The molecule has 2 N–H and O–H groups in total. The van der Waals surface area contributed by atoms with Crippen LogP contribution < -0.4 is 19.8 Å². The van der Waals surface area contributed by atoms with E-state index in [0.29, 0.717) is 17.1 Å². The number of nitrogens with one attached hydrogen (secondary N) is 2. The van der Waals surface area contributed by atoms with Gasteiger partial charge >= 0.3 is 4.87 Å². The van der Waals surface area contributed by atoms with E-state index in [4.69, 9.17) is 4.74 Å². The van der Waals surface area contributed by atoms with Crippen molar-refractivity contribution < 1.29 is 19.1 Å². The topological polar surface area (TPSA) is 109 Å². The summed E-state index contributed by atoms with van der Waals surface area (Å²) >= 11 is 6.50. The minimum absolute atomic E-state index is 0.000977. The number of aromatic nitrogens is 1. The van der Waals surface area contributed by atoms with Crippen LogP contribution in [0.25, 0.3) is 10.8 Å². The smallest absolute Gasteiger partial charge is 0.305 e. The fraction of sp³-hybridized carbons (Fsp3) is 0.263. The Morgan fingerprint density at radius 3 is 2.53 bits per heavy atom. The number of nitrogens with zero attached hydrogens (tertiary/aromatic N) is 1. The molecule has 5 aromatic rings. The van der Waals surface area contributed by atoms with Crippen LogP contribution >= 0.6 is 39.0 Å². The van der Waals surface area contributed by atoms with Gasteiger partial charge in [0.2, 0.25) is 11.8 Å². The van der Waals surface area contributed by atoms with Gasteiger partial charge in [-0.3, -0.25) is 24.1 Å². The lowest BCUT2D eigenvalue weighted by atomic mass is 9.68. The second-order valence-corrected chi connectivity index (χ2v) is 16.5. The fourth-order valence-electron chi connectivity index (χ4n) is 8.87. The largest absolute Gasteiger partial charge is 0.483 e. The number of fused-ring (bicyclic) bond motifs is 10. The summed E-state index contributed by atoms with van der Waals surface area (Å²) in [7, 11) is 0. The number of imide groups is 1. The summed E-state index contributed by atoms with van der Waals surface area (Å²) in [4.78, 5) is 59.5. The maximum absolute atomic E-state index is 14.1. The molecule has 3 heterocycles. The lowest BCUT2D eigenvalue weighted by Crippen LogP contribution is -2.42. The SMILES string of the molecule is Cc1ccc(N2C(=O)[C@H]3[C@H]4C[C@@H]([C@@H]3C2=O)[C@@H]2[C@H](c3cc(Br)ccc3OCC(=O)Nc3cccc5ccccc35)c3sc(=O)[nH]c3S[C@H]42)cc1. The van der Waals surface area contributed by atoms with Crippen LogP contribution in [0, 0.1) is 36.5 Å². The predicted octanol–water partition coefficient (Wildman–Crippen LogP) is 7.36. The molecule has 0 radical (unpaired) electrons. The summed E-state index contributed by atoms with van der Waals surface area (Å²) < 4.78 is 7.14. The number of thioether (sulfide) groups is 1. The summed E-state index contributed by atoms with van der Waals surface area (Å²) in [6, 6.07) is 27.0. The molecule has 11 heteroatoms. The molecule has 2 aliphatic carbocycles. The number of halogens is 1. The number of aryl methyl sites for hydroxylation is 1. The van der Waals surface area contributed by atoms with E-state index in [0.717, 1.165) is 42.7 Å². The van der Waals surface area contributed by atoms with Crippen molar-refractivity contribution in [3.8, 4) is 5.75 Å². The van der Waals surface area contributed by atoms with Crippen molar-refractivity contribution in [2.45, 2.75) is 29.5 Å². The average Bonchev–Trinajstić information content (AvgIpc) is 3.83. The molecule has 0 unspecified atom stereocenters. The molecule has 4 aliphatic rings. The van der Waals surface area contributed by atoms with Gasteiger partial charge in [0.1, 0.15) is 5.75 Å². The molecular formula is C38H30BrN3O5S2. The van der Waals surface area contributed by atoms with Crippen LogP contribution in [0.4, 0.5) is 11.4 Å². The van der Waals surface area contributed by atoms with E-state index in [9.17, 15) is 19.2 Å². The number of amides is 3. The molecular weight excluding hydrogens is 722 g/mol. The Morgan fingerprint density at radius 1 is 0.959 bits per heavy atom. The van der Waals surface area contributed by atoms with Crippen LogP contribution in [-0.4, -0.2) is 34.6 Å². The average molecular weight is 753 g/mol. The van der Waals surface area contributed by atoms with Gasteiger partial charge in [0.15, 0.2) is 6.61 Å². The van der Waals surface area contributed by atoms with Crippen LogP contribution in [0.3, 0.4) is 0 Å². The number of benzene rings is 4. The molecule has 3 amide bonds. The molecule has 7 atom stereocenters. The molecule has 2 bridgehead atoms. The number of thiazole rings is 1. The molecule has 246 valence electrons. The van der Waals surface area contributed by atoms with E-state index in [1.807, 2.05) is 91.9 Å². The van der Waals surface area contributed by atoms with E-state index >= 15 is 0 Å². The Hall–Kier alpha value is -4.19. The van der Waals surface area contributed by atoms with Gasteiger partial charge in [0.05, 0.1) is 22.5 Å². The van der Waals surface area contributed by atoms with Crippen molar-refractivity contribution in [2.24, 2.45) is 29.6 Å². The highest BCUT2D eigenvalue weighted by atomic mass is 79.9. The predicted molar refractivity (Wildman–Crippen MR) is 194 cm³/mol. The van der Waals surface area contributed by atoms with Gasteiger partial charge in [-0.2, -0.15) is 0 Å². The molecule has 8 nitrogen and oxygen atoms in total. The zero-order valence-corrected chi connectivity index (χ0v) is 29.4. The third kappa shape index (κ3) is 4.92. The number of anilines is 2. The second-order valence-electron chi connectivity index (χ2n) is 13.4. The minimum Gasteiger partial charge on any atom is -0.483 e. The second kappa shape index (κ2) is 11.7. The first-order chi connectivity index (χ1) is 23.8. The number of hydrogen-bond acceptors (Lipinski definition) is 7. The normalized spacial score (nSPS) is 26.5. The number of carbonyl (C=O) groups excluding carboxylic acids is 3. The minimum atomic E-state index is -0.414. The highest BCUT2D eigenvalue weighted by Gasteiger charge is 2.69. The first-order valence-electron chi connectivity index (χ1n) is 16.3. The van der Waals surface area contributed by atoms with Crippen molar-refractivity contribution in [1.82, 2.24) is 4.98 Å². The van der Waals surface area contributed by atoms with E-state index in [1.165, 1.54) is 16.2 Å². The van der Waals surface area contributed by atoms with Crippen LogP contribution in [0.2, 0.25) is 0 Å². The summed E-state index contributed by atoms with van der Waals surface area (Å²) in [5.41, 5.74) is 3.25. The Labute approximate surface area is 298 Å². The Morgan fingerprint density at radius 2 is 1.71 bits per heavy atom. The van der Waals surface area contributed by atoms with Crippen LogP contribution in [0.15, 0.2) is 99.2 Å². The van der Waals surface area contributed by atoms with Gasteiger partial charge in [0.25, 0.3) is 5.91 Å². The molecule has 9 rings (SSSR count). The highest BCUT2D eigenvalue weighted by Crippen LogP contribution is 2.69. The van der Waals surface area contributed by atoms with E-state index in [-0.39, 0.29) is 64.0 Å². The van der Waals surface area contributed by atoms with Crippen LogP contribution in [0.1, 0.15) is 28.3 Å². The van der Waals surface area contributed by atoms with Gasteiger partial charge in [-0.15, -0.1) is 11.8 Å². The number of ether oxygens (including phenoxy) is 1. The van der Waals surface area contributed by atoms with Crippen molar-refractivity contribution in [2.75, 3.05) is 16.8 Å². The van der Waals surface area contributed by atoms with E-state index in [2.05, 4.69) is 26.2 Å². The zero-order chi connectivity index (χ0) is 33.6. The van der Waals surface area contributed by atoms with Crippen molar-refractivity contribution in [1.29, 1.82) is 0 Å². The molecule has 2 aliphatic heterocycles. The maximum atomic E-state index is 14.1. The third-order valence-corrected chi connectivity index (χ3v) is 13.8. The Bertz CT molecular complexity index is 2240. The monoisotopic (exact) mass is 751 g/mol. The fourth-order valence-corrected chi connectivity index (χ4v) is 12.1. The molecule has 3 fully saturated rings. The van der Waals surface area contributed by atoms with Crippen molar-refractivity contribution >= 4 is 78.9 Å². The first-order valence-corrected chi connectivity index (χ1v) is 18.8. The molecule has 4 aromatic carbocycles. The van der Waals surface area contributed by atoms with E-state index < -0.39 is 5.92 Å². The van der Waals surface area contributed by atoms with Crippen LogP contribution in [-0.2, 0) is 14.4 Å². The zero-order valence-electron chi connectivity index (χ0n) is 26.2. The molecule has 1 aromatic heterocycles. The lowest BCUT2D eigenvalue weighted by Gasteiger charge is -2.43. The molecule has 2 saturated carbocycles. The van der Waals surface area contributed by atoms with Gasteiger partial charge < -0.3 is 15.0 Å². The number of H-pyrrole nitrogens is 1. The molecule has 49 heavy (non-hydrogen) atoms. The first kappa shape index (κ1) is 30.8. The van der Waals surface area contributed by atoms with Gasteiger partial charge in [-0.25, -0.2) is 0 Å². The van der Waals surface area contributed by atoms with Crippen molar-refractivity contribution in [3.63, 3.8) is 0 Å². The number of rotatable bonds is 6. The maximum Gasteiger partial charge on any atom is 0.305 e. The van der Waals surface area contributed by atoms with Gasteiger partial charge in [0, 0.05) is 37.2 Å². The highest BCUT2D eigenvalue weighted by molar-refractivity contribution is 9.10. The molecule has 1 saturated heterocycles. The summed E-state index contributed by atoms with van der Waals surface area (Å²) in [6.07, 6.45) is 0.782. The number of aromatic amines is 1. The summed E-state index contributed by atoms with van der Waals surface area (Å²) in [6.45, 7) is 1.77. The Kier molecular flexibility index (Phi) is 7.37.